The van der Waals surface area contributed by atoms with Gasteiger partial charge in [0, 0.05) is 56.1 Å². The van der Waals surface area contributed by atoms with Crippen molar-refractivity contribution in [1.82, 2.24) is 29.6 Å². The zero-order valence-electron chi connectivity index (χ0n) is 20.8. The molecule has 1 saturated heterocycles. The normalized spacial score (nSPS) is 16.4. The van der Waals surface area contributed by atoms with Crippen LogP contribution in [0.25, 0.3) is 33.7 Å². The third-order valence-electron chi connectivity index (χ3n) is 7.28. The van der Waals surface area contributed by atoms with Crippen LogP contribution in [0.15, 0.2) is 77.2 Å². The second-order valence-electron chi connectivity index (χ2n) is 9.65. The molecule has 1 aliphatic carbocycles. The van der Waals surface area contributed by atoms with Crippen LogP contribution in [-0.4, -0.2) is 56.4 Å². The Kier molecular flexibility index (Phi) is 6.40. The summed E-state index contributed by atoms with van der Waals surface area (Å²) in [5.74, 6) is 0.133. The van der Waals surface area contributed by atoms with Crippen molar-refractivity contribution >= 4 is 17.1 Å². The highest BCUT2D eigenvalue weighted by atomic mass is 16.2. The molecule has 0 atom stereocenters. The molecule has 0 unspecified atom stereocenters. The highest BCUT2D eigenvalue weighted by molar-refractivity contribution is 5.90. The number of carbonyl (C=O) groups excluding carboxylic acids is 1. The first-order chi connectivity index (χ1) is 18.2. The van der Waals surface area contributed by atoms with E-state index in [2.05, 4.69) is 5.32 Å². The second-order valence-corrected chi connectivity index (χ2v) is 9.65. The zero-order valence-corrected chi connectivity index (χ0v) is 20.8. The van der Waals surface area contributed by atoms with Crippen LogP contribution >= 0.6 is 0 Å². The standard InChI is InChI=1S/C29H30N6O2/c36-26-14-13-23(28-25-12-6-7-17-34(25)32-29(28)21-8-2-1-3-9-21)31-35(26)24-11-5-4-10-22(24)20-27(37)33-18-15-30-16-19-33/h1-3,6-9,12-14,17,30H,4-5,10-11,15-16,18-20H2. The number of nitrogens with one attached hydrogen (secondary N) is 1. The molecular weight excluding hydrogens is 464 g/mol. The number of rotatable bonds is 5. The SMILES string of the molecule is O=C(CC1=C(n2nc(-c3c(-c4ccccc4)nn4ccccc34)ccc2=O)CCCC1)N1CCNCC1. The number of pyridine rings is 1. The highest BCUT2D eigenvalue weighted by Crippen LogP contribution is 2.35. The van der Waals surface area contributed by atoms with Gasteiger partial charge >= 0.3 is 0 Å². The monoisotopic (exact) mass is 494 g/mol. The molecule has 0 spiro atoms. The van der Waals surface area contributed by atoms with Gasteiger partial charge in [0.25, 0.3) is 5.56 Å². The van der Waals surface area contributed by atoms with Crippen LogP contribution in [0.3, 0.4) is 0 Å². The molecule has 37 heavy (non-hydrogen) atoms. The molecule has 8 nitrogen and oxygen atoms in total. The molecular formula is C29H30N6O2. The number of hydrogen-bond donors (Lipinski definition) is 1. The zero-order chi connectivity index (χ0) is 25.2. The van der Waals surface area contributed by atoms with Crippen LogP contribution < -0.4 is 10.9 Å². The Balaban J connectivity index is 1.45. The quantitative estimate of drug-likeness (QED) is 0.456. The molecule has 1 aromatic carbocycles. The Morgan fingerprint density at radius 1 is 0.892 bits per heavy atom. The fraction of sp³-hybridized carbons (Fsp3) is 0.310. The minimum absolute atomic E-state index is 0.133. The van der Waals surface area contributed by atoms with E-state index in [4.69, 9.17) is 10.2 Å². The van der Waals surface area contributed by atoms with E-state index in [0.29, 0.717) is 12.1 Å². The first-order valence-electron chi connectivity index (χ1n) is 13.0. The van der Waals surface area contributed by atoms with Crippen molar-refractivity contribution in [3.8, 4) is 22.5 Å². The molecule has 4 heterocycles. The van der Waals surface area contributed by atoms with E-state index in [9.17, 15) is 9.59 Å². The molecule has 1 fully saturated rings. The molecule has 1 aliphatic heterocycles. The van der Waals surface area contributed by atoms with Crippen molar-refractivity contribution in [2.45, 2.75) is 32.1 Å². The van der Waals surface area contributed by atoms with Gasteiger partial charge in [0.05, 0.1) is 16.8 Å². The summed E-state index contributed by atoms with van der Waals surface area (Å²) in [6.07, 6.45) is 5.82. The van der Waals surface area contributed by atoms with Gasteiger partial charge in [0.2, 0.25) is 5.91 Å². The molecule has 1 amide bonds. The lowest BCUT2D eigenvalue weighted by molar-refractivity contribution is -0.131. The lowest BCUT2D eigenvalue weighted by Crippen LogP contribution is -2.46. The van der Waals surface area contributed by atoms with E-state index in [0.717, 1.165) is 85.5 Å². The fourth-order valence-electron chi connectivity index (χ4n) is 5.39. The molecule has 188 valence electrons. The average molecular weight is 495 g/mol. The number of fused-ring (bicyclic) bond motifs is 1. The number of hydrogen-bond acceptors (Lipinski definition) is 5. The highest BCUT2D eigenvalue weighted by Gasteiger charge is 2.24. The molecule has 0 saturated carbocycles. The van der Waals surface area contributed by atoms with Gasteiger partial charge in [0.15, 0.2) is 0 Å². The Morgan fingerprint density at radius 2 is 1.68 bits per heavy atom. The Hall–Kier alpha value is -4.04. The summed E-state index contributed by atoms with van der Waals surface area (Å²) in [5.41, 5.74) is 6.03. The van der Waals surface area contributed by atoms with Crippen molar-refractivity contribution in [2.24, 2.45) is 0 Å². The van der Waals surface area contributed by atoms with E-state index in [1.54, 1.807) is 12.1 Å². The average Bonchev–Trinajstić information content (AvgIpc) is 3.34. The molecule has 4 aromatic rings. The topological polar surface area (TPSA) is 84.5 Å². The first kappa shape index (κ1) is 23.4. The third-order valence-corrected chi connectivity index (χ3v) is 7.28. The van der Waals surface area contributed by atoms with E-state index < -0.39 is 0 Å². The van der Waals surface area contributed by atoms with Crippen LogP contribution in [0.5, 0.6) is 0 Å². The molecule has 2 aliphatic rings. The summed E-state index contributed by atoms with van der Waals surface area (Å²) >= 11 is 0. The van der Waals surface area contributed by atoms with Gasteiger partial charge in [-0.2, -0.15) is 10.2 Å². The van der Waals surface area contributed by atoms with Crippen molar-refractivity contribution in [3.05, 3.63) is 82.8 Å². The van der Waals surface area contributed by atoms with Crippen LogP contribution in [-0.2, 0) is 4.79 Å². The predicted octanol–water partition coefficient (Wildman–Crippen LogP) is 3.83. The van der Waals surface area contributed by atoms with Crippen molar-refractivity contribution < 1.29 is 4.79 Å². The van der Waals surface area contributed by atoms with Crippen LogP contribution in [0.2, 0.25) is 0 Å². The number of piperazine rings is 1. The van der Waals surface area contributed by atoms with E-state index in [-0.39, 0.29) is 11.5 Å². The lowest BCUT2D eigenvalue weighted by Gasteiger charge is -2.29. The minimum atomic E-state index is -0.175. The van der Waals surface area contributed by atoms with Gasteiger partial charge in [0.1, 0.15) is 5.69 Å². The van der Waals surface area contributed by atoms with Gasteiger partial charge < -0.3 is 10.2 Å². The van der Waals surface area contributed by atoms with Crippen molar-refractivity contribution in [2.75, 3.05) is 26.2 Å². The summed E-state index contributed by atoms with van der Waals surface area (Å²) in [7, 11) is 0. The van der Waals surface area contributed by atoms with Crippen LogP contribution in [0, 0.1) is 0 Å². The molecule has 0 radical (unpaired) electrons. The van der Waals surface area contributed by atoms with E-state index in [1.807, 2.05) is 64.1 Å². The molecule has 1 N–H and O–H groups in total. The number of benzene rings is 1. The summed E-state index contributed by atoms with van der Waals surface area (Å²) in [4.78, 5) is 28.1. The van der Waals surface area contributed by atoms with Gasteiger partial charge in [-0.3, -0.25) is 9.59 Å². The Labute approximate surface area is 215 Å². The summed E-state index contributed by atoms with van der Waals surface area (Å²) in [5, 5.41) is 13.1. The van der Waals surface area contributed by atoms with Crippen molar-refractivity contribution in [1.29, 1.82) is 0 Å². The predicted molar refractivity (Wildman–Crippen MR) is 144 cm³/mol. The molecule has 6 rings (SSSR count). The maximum absolute atomic E-state index is 13.1. The van der Waals surface area contributed by atoms with Gasteiger partial charge in [-0.25, -0.2) is 9.20 Å². The Morgan fingerprint density at radius 3 is 2.51 bits per heavy atom. The van der Waals surface area contributed by atoms with Gasteiger partial charge in [-0.1, -0.05) is 36.4 Å². The minimum Gasteiger partial charge on any atom is -0.340 e. The second kappa shape index (κ2) is 10.1. The molecule has 3 aromatic heterocycles. The number of nitrogens with zero attached hydrogens (tertiary/aromatic N) is 5. The number of aromatic nitrogens is 4. The summed E-state index contributed by atoms with van der Waals surface area (Å²) < 4.78 is 3.39. The van der Waals surface area contributed by atoms with E-state index in [1.165, 1.54) is 4.68 Å². The van der Waals surface area contributed by atoms with E-state index >= 15 is 0 Å². The lowest BCUT2D eigenvalue weighted by atomic mass is 9.93. The first-order valence-corrected chi connectivity index (χ1v) is 13.0. The summed E-state index contributed by atoms with van der Waals surface area (Å²) in [6.45, 7) is 3.10. The Bertz CT molecular complexity index is 1530. The number of amides is 1. The largest absolute Gasteiger partial charge is 0.340 e. The smallest absolute Gasteiger partial charge is 0.271 e. The molecule has 8 heteroatoms. The van der Waals surface area contributed by atoms with Crippen molar-refractivity contribution in [3.63, 3.8) is 0 Å². The maximum Gasteiger partial charge on any atom is 0.271 e. The fourth-order valence-corrected chi connectivity index (χ4v) is 5.39. The molecule has 0 bridgehead atoms. The van der Waals surface area contributed by atoms with Gasteiger partial charge in [-0.05, 0) is 49.5 Å². The van der Waals surface area contributed by atoms with Gasteiger partial charge in [-0.15, -0.1) is 0 Å². The maximum atomic E-state index is 13.1. The summed E-state index contributed by atoms with van der Waals surface area (Å²) in [6, 6.07) is 19.3. The third kappa shape index (κ3) is 4.60. The number of carbonyl (C=O) groups is 1. The number of allylic oxidation sites excluding steroid dienone is 1. The van der Waals surface area contributed by atoms with Crippen LogP contribution in [0.1, 0.15) is 32.1 Å². The van der Waals surface area contributed by atoms with Crippen LogP contribution in [0.4, 0.5) is 0 Å².